The molecule has 306 valence electrons. The van der Waals surface area contributed by atoms with Crippen LogP contribution in [-0.4, -0.2) is 41.6 Å². The van der Waals surface area contributed by atoms with E-state index in [1.807, 2.05) is 0 Å². The molecule has 7 nitrogen and oxygen atoms in total. The number of nitrogens with one attached hydrogen (secondary N) is 1. The Morgan fingerprint density at radius 2 is 1.02 bits per heavy atom. The molecule has 2 atom stereocenters. The molecule has 2 unspecified atom stereocenters. The number of carboxylic acids is 1. The summed E-state index contributed by atoms with van der Waals surface area (Å²) in [4.78, 5) is 36.2. The van der Waals surface area contributed by atoms with E-state index in [1.54, 1.807) is 0 Å². The lowest BCUT2D eigenvalue weighted by Crippen LogP contribution is -2.40. The molecule has 0 bridgehead atoms. The van der Waals surface area contributed by atoms with Crippen LogP contribution in [0.25, 0.3) is 0 Å². The monoisotopic (exact) mass is 751 g/mol. The van der Waals surface area contributed by atoms with Crippen LogP contribution in [0.5, 0.6) is 0 Å². The summed E-state index contributed by atoms with van der Waals surface area (Å²) in [5.41, 5.74) is 5.47. The minimum Gasteiger partial charge on any atom is -0.480 e. The van der Waals surface area contributed by atoms with Gasteiger partial charge in [0.25, 0.3) is 0 Å². The largest absolute Gasteiger partial charge is 0.480 e. The van der Waals surface area contributed by atoms with Gasteiger partial charge in [-0.1, -0.05) is 144 Å². The summed E-state index contributed by atoms with van der Waals surface area (Å²) in [6.07, 6.45) is 53.7. The van der Waals surface area contributed by atoms with Gasteiger partial charge in [-0.25, -0.2) is 4.79 Å². The summed E-state index contributed by atoms with van der Waals surface area (Å²) in [6, 6.07) is -0.862. The molecule has 0 rings (SSSR count). The first kappa shape index (κ1) is 50.5. The molecule has 0 saturated carbocycles. The molecule has 0 aromatic rings. The number of aliphatic carboxylic acids is 1. The third-order valence-electron chi connectivity index (χ3n) is 8.94. The van der Waals surface area contributed by atoms with Crippen molar-refractivity contribution in [3.8, 4) is 0 Å². The van der Waals surface area contributed by atoms with Crippen LogP contribution in [0.1, 0.15) is 174 Å². The van der Waals surface area contributed by atoms with Gasteiger partial charge >= 0.3 is 11.9 Å². The van der Waals surface area contributed by atoms with Gasteiger partial charge in [0, 0.05) is 12.8 Å². The van der Waals surface area contributed by atoms with Crippen molar-refractivity contribution >= 4 is 17.8 Å². The second-order valence-corrected chi connectivity index (χ2v) is 14.0. The average molecular weight is 751 g/mol. The lowest BCUT2D eigenvalue weighted by Gasteiger charge is -2.15. The zero-order chi connectivity index (χ0) is 39.6. The Labute approximate surface area is 330 Å². The number of rotatable bonds is 37. The standard InChI is InChI=1S/C47H78N2O5/c1-3-5-7-9-11-13-14-15-16-17-18-19-20-21-22-23-25-31-35-41-46(51)54-43(37-32-28-24-12-10-8-6-4-2)38-33-29-26-27-30-34-40-45(50)49-44(47(52)53)39-36-42-48/h5-8,11-13,15-16,18-19,24,32,37,43-44H,3-4,9-10,14,17,20-23,25-31,33-36,38-42,48H2,1-2H3,(H,49,50)(H,52,53)/b7-5-,8-6-,13-11-,16-15-,19-18-,24-12-,37-32-. The highest BCUT2D eigenvalue weighted by molar-refractivity contribution is 5.83. The molecule has 0 aliphatic heterocycles. The zero-order valence-electron chi connectivity index (χ0n) is 34.3. The Morgan fingerprint density at radius 3 is 1.56 bits per heavy atom. The van der Waals surface area contributed by atoms with E-state index >= 15 is 0 Å². The highest BCUT2D eigenvalue weighted by atomic mass is 16.5. The topological polar surface area (TPSA) is 119 Å². The Morgan fingerprint density at radius 1 is 0.556 bits per heavy atom. The molecule has 0 aliphatic carbocycles. The van der Waals surface area contributed by atoms with E-state index in [9.17, 15) is 19.5 Å². The normalized spacial score (nSPS) is 13.5. The van der Waals surface area contributed by atoms with Crippen LogP contribution in [-0.2, 0) is 19.1 Å². The first-order chi connectivity index (χ1) is 26.4. The van der Waals surface area contributed by atoms with Crippen molar-refractivity contribution in [3.63, 3.8) is 0 Å². The Balaban J connectivity index is 4.29. The van der Waals surface area contributed by atoms with Gasteiger partial charge in [-0.05, 0) is 109 Å². The molecule has 0 saturated heterocycles. The average Bonchev–Trinajstić information content (AvgIpc) is 3.16. The number of amides is 1. The van der Waals surface area contributed by atoms with Gasteiger partial charge in [-0.15, -0.1) is 0 Å². The van der Waals surface area contributed by atoms with Crippen molar-refractivity contribution in [1.82, 2.24) is 5.32 Å². The summed E-state index contributed by atoms with van der Waals surface area (Å²) in [5.74, 6) is -1.32. The summed E-state index contributed by atoms with van der Waals surface area (Å²) < 4.78 is 5.92. The van der Waals surface area contributed by atoms with Crippen molar-refractivity contribution < 1.29 is 24.2 Å². The molecule has 0 aliphatic rings. The predicted molar refractivity (Wildman–Crippen MR) is 229 cm³/mol. The third kappa shape index (κ3) is 36.9. The number of carbonyl (C=O) groups is 3. The van der Waals surface area contributed by atoms with Crippen LogP contribution in [0.3, 0.4) is 0 Å². The summed E-state index contributed by atoms with van der Waals surface area (Å²) >= 11 is 0. The molecule has 0 radical (unpaired) electrons. The van der Waals surface area contributed by atoms with Crippen molar-refractivity contribution in [1.29, 1.82) is 0 Å². The Hall–Kier alpha value is -3.45. The smallest absolute Gasteiger partial charge is 0.326 e. The van der Waals surface area contributed by atoms with E-state index in [-0.39, 0.29) is 18.0 Å². The number of hydrogen-bond donors (Lipinski definition) is 3. The molecule has 54 heavy (non-hydrogen) atoms. The first-order valence-corrected chi connectivity index (χ1v) is 21.4. The molecule has 4 N–H and O–H groups in total. The third-order valence-corrected chi connectivity index (χ3v) is 8.94. The molecular formula is C47H78N2O5. The van der Waals surface area contributed by atoms with Crippen LogP contribution in [0.15, 0.2) is 85.1 Å². The number of unbranched alkanes of at least 4 members (excludes halogenated alkanes) is 11. The van der Waals surface area contributed by atoms with Gasteiger partial charge in [-0.3, -0.25) is 9.59 Å². The van der Waals surface area contributed by atoms with E-state index in [0.717, 1.165) is 116 Å². The molecule has 0 aromatic heterocycles. The van der Waals surface area contributed by atoms with Crippen molar-refractivity contribution in [3.05, 3.63) is 85.1 Å². The quantitative estimate of drug-likeness (QED) is 0.0330. The molecular weight excluding hydrogens is 673 g/mol. The summed E-state index contributed by atoms with van der Waals surface area (Å²) in [6.45, 7) is 4.70. The highest BCUT2D eigenvalue weighted by Gasteiger charge is 2.18. The minimum absolute atomic E-state index is 0.101. The zero-order valence-corrected chi connectivity index (χ0v) is 34.3. The SMILES string of the molecule is CC/C=C\C/C=C\C/C=C\C/C=C\CCCCCCCCC(=O)OC(/C=C\C/C=C\C/C=C\CC)CCCCCCCCC(=O)NC(CCCN)C(=O)O. The van der Waals surface area contributed by atoms with Gasteiger partial charge in [0.15, 0.2) is 0 Å². The van der Waals surface area contributed by atoms with Crippen LogP contribution in [0, 0.1) is 0 Å². The van der Waals surface area contributed by atoms with Gasteiger partial charge in [0.2, 0.25) is 5.91 Å². The fraction of sp³-hybridized carbons (Fsp3) is 0.638. The van der Waals surface area contributed by atoms with Crippen molar-refractivity contribution in [2.24, 2.45) is 5.73 Å². The van der Waals surface area contributed by atoms with E-state index < -0.39 is 12.0 Å². The number of carboxylic acid groups (broad SMARTS) is 1. The number of esters is 1. The number of nitrogens with two attached hydrogens (primary N) is 1. The number of allylic oxidation sites excluding steroid dienone is 13. The number of ether oxygens (including phenoxy) is 1. The summed E-state index contributed by atoms with van der Waals surface area (Å²) in [7, 11) is 0. The minimum atomic E-state index is -1.01. The van der Waals surface area contributed by atoms with E-state index in [4.69, 9.17) is 10.5 Å². The van der Waals surface area contributed by atoms with Crippen molar-refractivity contribution in [2.75, 3.05) is 6.54 Å². The van der Waals surface area contributed by atoms with Gasteiger partial charge < -0.3 is 20.9 Å². The maximum Gasteiger partial charge on any atom is 0.326 e. The van der Waals surface area contributed by atoms with Crippen LogP contribution in [0.4, 0.5) is 0 Å². The van der Waals surface area contributed by atoms with Crippen LogP contribution < -0.4 is 11.1 Å². The van der Waals surface area contributed by atoms with E-state index in [0.29, 0.717) is 32.2 Å². The maximum atomic E-state index is 12.7. The summed E-state index contributed by atoms with van der Waals surface area (Å²) in [5, 5.41) is 11.9. The van der Waals surface area contributed by atoms with Crippen molar-refractivity contribution in [2.45, 2.75) is 187 Å². The number of hydrogen-bond acceptors (Lipinski definition) is 5. The molecule has 7 heteroatoms. The Kier molecular flexibility index (Phi) is 38.1. The molecule has 0 heterocycles. The van der Waals surface area contributed by atoms with Crippen LogP contribution >= 0.6 is 0 Å². The second kappa shape index (κ2) is 40.7. The van der Waals surface area contributed by atoms with Gasteiger partial charge in [0.05, 0.1) is 0 Å². The highest BCUT2D eigenvalue weighted by Crippen LogP contribution is 2.15. The molecule has 0 aromatic carbocycles. The number of carbonyl (C=O) groups excluding carboxylic acids is 2. The lowest BCUT2D eigenvalue weighted by molar-refractivity contribution is -0.147. The predicted octanol–water partition coefficient (Wildman–Crippen LogP) is 12.1. The molecule has 0 fully saturated rings. The second-order valence-electron chi connectivity index (χ2n) is 14.0. The van der Waals surface area contributed by atoms with E-state index in [2.05, 4.69) is 104 Å². The fourth-order valence-electron chi connectivity index (χ4n) is 5.79. The van der Waals surface area contributed by atoms with Crippen LogP contribution in [0.2, 0.25) is 0 Å². The molecule has 1 amide bonds. The first-order valence-electron chi connectivity index (χ1n) is 21.4. The fourth-order valence-corrected chi connectivity index (χ4v) is 5.79. The van der Waals surface area contributed by atoms with Gasteiger partial charge in [0.1, 0.15) is 12.1 Å². The maximum absolute atomic E-state index is 12.7. The lowest BCUT2D eigenvalue weighted by atomic mass is 10.0. The van der Waals surface area contributed by atoms with E-state index in [1.165, 1.54) is 19.3 Å². The molecule has 0 spiro atoms. The van der Waals surface area contributed by atoms with Gasteiger partial charge in [-0.2, -0.15) is 0 Å². The Bertz CT molecular complexity index is 1120.